The molecule has 0 saturated heterocycles. The van der Waals surface area contributed by atoms with Gasteiger partial charge >= 0.3 is 0 Å². The number of aryl methyl sites for hydroxylation is 1. The lowest BCUT2D eigenvalue weighted by molar-refractivity contribution is -0.121. The first-order chi connectivity index (χ1) is 9.99. The van der Waals surface area contributed by atoms with E-state index in [0.717, 1.165) is 6.54 Å². The zero-order chi connectivity index (χ0) is 15.3. The molecule has 3 nitrogen and oxygen atoms in total. The number of nitrogens with one attached hydrogen (secondary N) is 1. The number of amides is 1. The van der Waals surface area contributed by atoms with E-state index in [1.54, 1.807) is 0 Å². The van der Waals surface area contributed by atoms with Crippen molar-refractivity contribution < 1.29 is 4.79 Å². The molecule has 1 aromatic carbocycles. The summed E-state index contributed by atoms with van der Waals surface area (Å²) < 4.78 is 0.156. The summed E-state index contributed by atoms with van der Waals surface area (Å²) >= 11 is 1.92. The standard InChI is InChI=1S/C17H26N2OS/c1-13-5-7-15(8-6-13)21-17(9-3-4-10-17)12-19-16(20)11-14(2)18/h5-8,14H,3-4,9-12,18H2,1-2H3,(H,19,20). The maximum Gasteiger partial charge on any atom is 0.221 e. The van der Waals surface area contributed by atoms with Gasteiger partial charge in [-0.3, -0.25) is 4.79 Å². The Morgan fingerprint density at radius 2 is 1.95 bits per heavy atom. The first-order valence-corrected chi connectivity index (χ1v) is 8.59. The van der Waals surface area contributed by atoms with Gasteiger partial charge in [0.05, 0.1) is 0 Å². The van der Waals surface area contributed by atoms with Gasteiger partial charge in [-0.05, 0) is 38.8 Å². The van der Waals surface area contributed by atoms with Crippen molar-refractivity contribution in [1.82, 2.24) is 5.32 Å². The molecule has 1 saturated carbocycles. The number of hydrogen-bond acceptors (Lipinski definition) is 3. The van der Waals surface area contributed by atoms with Gasteiger partial charge in [-0.2, -0.15) is 0 Å². The molecule has 1 fully saturated rings. The molecule has 1 aliphatic rings. The van der Waals surface area contributed by atoms with Gasteiger partial charge in [0.25, 0.3) is 0 Å². The number of carbonyl (C=O) groups is 1. The molecular formula is C17H26N2OS. The van der Waals surface area contributed by atoms with Crippen LogP contribution in [0.4, 0.5) is 0 Å². The minimum atomic E-state index is -0.0747. The second-order valence-electron chi connectivity index (χ2n) is 6.26. The lowest BCUT2D eigenvalue weighted by Crippen LogP contribution is -2.40. The molecule has 0 radical (unpaired) electrons. The summed E-state index contributed by atoms with van der Waals surface area (Å²) in [7, 11) is 0. The van der Waals surface area contributed by atoms with Gasteiger partial charge in [0, 0.05) is 28.6 Å². The Balaban J connectivity index is 1.96. The molecule has 2 rings (SSSR count). The highest BCUT2D eigenvalue weighted by atomic mass is 32.2. The van der Waals surface area contributed by atoms with Crippen LogP contribution in [0, 0.1) is 6.92 Å². The number of rotatable bonds is 6. The van der Waals surface area contributed by atoms with E-state index in [4.69, 9.17) is 5.73 Å². The Kier molecular flexibility index (Phi) is 5.71. The predicted octanol–water partition coefficient (Wildman–Crippen LogP) is 3.25. The average molecular weight is 306 g/mol. The molecule has 0 aromatic heterocycles. The Morgan fingerprint density at radius 1 is 1.33 bits per heavy atom. The fourth-order valence-electron chi connectivity index (χ4n) is 2.81. The van der Waals surface area contributed by atoms with E-state index in [1.807, 2.05) is 18.7 Å². The summed E-state index contributed by atoms with van der Waals surface area (Å²) in [5.74, 6) is 0.0702. The minimum absolute atomic E-state index is 0.0702. The summed E-state index contributed by atoms with van der Waals surface area (Å²) in [6.45, 7) is 4.72. The van der Waals surface area contributed by atoms with Crippen LogP contribution in [0.25, 0.3) is 0 Å². The topological polar surface area (TPSA) is 55.1 Å². The van der Waals surface area contributed by atoms with Gasteiger partial charge < -0.3 is 11.1 Å². The summed E-state index contributed by atoms with van der Waals surface area (Å²) in [5.41, 5.74) is 6.96. The van der Waals surface area contributed by atoms with Crippen LogP contribution in [0.5, 0.6) is 0 Å². The van der Waals surface area contributed by atoms with E-state index in [9.17, 15) is 4.79 Å². The van der Waals surface area contributed by atoms with E-state index >= 15 is 0 Å². The van der Waals surface area contributed by atoms with Crippen molar-refractivity contribution >= 4 is 17.7 Å². The molecule has 0 aliphatic heterocycles. The average Bonchev–Trinajstić information content (AvgIpc) is 2.88. The molecule has 0 spiro atoms. The number of carbonyl (C=O) groups excluding carboxylic acids is 1. The van der Waals surface area contributed by atoms with Gasteiger partial charge in [0.1, 0.15) is 0 Å². The zero-order valence-corrected chi connectivity index (χ0v) is 13.8. The van der Waals surface area contributed by atoms with Crippen molar-refractivity contribution in [2.45, 2.75) is 61.6 Å². The molecule has 0 heterocycles. The monoisotopic (exact) mass is 306 g/mol. The maximum absolute atomic E-state index is 11.8. The highest BCUT2D eigenvalue weighted by Crippen LogP contribution is 2.44. The molecule has 1 aromatic rings. The molecule has 116 valence electrons. The Labute approximate surface area is 132 Å². The van der Waals surface area contributed by atoms with Gasteiger partial charge in [0.15, 0.2) is 0 Å². The Bertz CT molecular complexity index is 464. The van der Waals surface area contributed by atoms with E-state index < -0.39 is 0 Å². The first kappa shape index (κ1) is 16.4. The largest absolute Gasteiger partial charge is 0.355 e. The van der Waals surface area contributed by atoms with Crippen LogP contribution in [-0.2, 0) is 4.79 Å². The van der Waals surface area contributed by atoms with E-state index in [2.05, 4.69) is 36.5 Å². The zero-order valence-electron chi connectivity index (χ0n) is 13.0. The first-order valence-electron chi connectivity index (χ1n) is 7.77. The SMILES string of the molecule is Cc1ccc(SC2(CNC(=O)CC(C)N)CCCC2)cc1. The lowest BCUT2D eigenvalue weighted by atomic mass is 10.1. The van der Waals surface area contributed by atoms with Gasteiger partial charge in [0.2, 0.25) is 5.91 Å². The smallest absolute Gasteiger partial charge is 0.221 e. The number of benzene rings is 1. The van der Waals surface area contributed by atoms with Gasteiger partial charge in [-0.1, -0.05) is 30.5 Å². The van der Waals surface area contributed by atoms with Crippen molar-refractivity contribution in [1.29, 1.82) is 0 Å². The van der Waals surface area contributed by atoms with E-state index in [1.165, 1.54) is 36.1 Å². The number of hydrogen-bond donors (Lipinski definition) is 2. The lowest BCUT2D eigenvalue weighted by Gasteiger charge is -2.29. The fraction of sp³-hybridized carbons (Fsp3) is 0.588. The summed E-state index contributed by atoms with van der Waals surface area (Å²) in [4.78, 5) is 13.1. The summed E-state index contributed by atoms with van der Waals surface area (Å²) in [6, 6.07) is 8.60. The highest BCUT2D eigenvalue weighted by Gasteiger charge is 2.35. The highest BCUT2D eigenvalue weighted by molar-refractivity contribution is 8.00. The van der Waals surface area contributed by atoms with Crippen LogP contribution in [0.1, 0.15) is 44.6 Å². The van der Waals surface area contributed by atoms with Crippen LogP contribution in [0.15, 0.2) is 29.2 Å². The molecule has 4 heteroatoms. The second-order valence-corrected chi connectivity index (χ2v) is 7.80. The van der Waals surface area contributed by atoms with Crippen LogP contribution in [0.3, 0.4) is 0 Å². The van der Waals surface area contributed by atoms with Crippen molar-refractivity contribution in [3.8, 4) is 0 Å². The van der Waals surface area contributed by atoms with Crippen molar-refractivity contribution in [2.24, 2.45) is 5.73 Å². The molecule has 1 unspecified atom stereocenters. The fourth-order valence-corrected chi connectivity index (χ4v) is 4.22. The molecule has 3 N–H and O–H groups in total. The van der Waals surface area contributed by atoms with Gasteiger partial charge in [-0.25, -0.2) is 0 Å². The third-order valence-electron chi connectivity index (χ3n) is 3.99. The van der Waals surface area contributed by atoms with Crippen molar-refractivity contribution in [2.75, 3.05) is 6.54 Å². The third-order valence-corrected chi connectivity index (χ3v) is 5.48. The molecular weight excluding hydrogens is 280 g/mol. The summed E-state index contributed by atoms with van der Waals surface area (Å²) in [6.07, 6.45) is 5.25. The summed E-state index contributed by atoms with van der Waals surface area (Å²) in [5, 5.41) is 3.09. The van der Waals surface area contributed by atoms with E-state index in [-0.39, 0.29) is 16.7 Å². The van der Waals surface area contributed by atoms with Crippen LogP contribution in [-0.4, -0.2) is 23.2 Å². The Morgan fingerprint density at radius 3 is 2.52 bits per heavy atom. The second kappa shape index (κ2) is 7.32. The normalized spacial score (nSPS) is 18.4. The molecule has 1 atom stereocenters. The van der Waals surface area contributed by atoms with Crippen LogP contribution in [0.2, 0.25) is 0 Å². The quantitative estimate of drug-likeness (QED) is 0.848. The van der Waals surface area contributed by atoms with Crippen LogP contribution < -0.4 is 11.1 Å². The third kappa shape index (κ3) is 5.04. The molecule has 0 bridgehead atoms. The molecule has 1 aliphatic carbocycles. The minimum Gasteiger partial charge on any atom is -0.355 e. The predicted molar refractivity (Wildman–Crippen MR) is 89.5 cm³/mol. The molecule has 21 heavy (non-hydrogen) atoms. The number of nitrogens with two attached hydrogens (primary N) is 1. The number of thioether (sulfide) groups is 1. The van der Waals surface area contributed by atoms with Crippen molar-refractivity contribution in [3.63, 3.8) is 0 Å². The van der Waals surface area contributed by atoms with Crippen LogP contribution >= 0.6 is 11.8 Å². The van der Waals surface area contributed by atoms with Gasteiger partial charge in [-0.15, -0.1) is 11.8 Å². The van der Waals surface area contributed by atoms with E-state index in [0.29, 0.717) is 6.42 Å². The maximum atomic E-state index is 11.8. The molecule has 1 amide bonds. The van der Waals surface area contributed by atoms with Crippen molar-refractivity contribution in [3.05, 3.63) is 29.8 Å². The Hall–Kier alpha value is -1.00.